The molecule has 20 heavy (non-hydrogen) atoms. The fourth-order valence-corrected chi connectivity index (χ4v) is 2.34. The number of nitrogens with zero attached hydrogens (tertiary/aromatic N) is 1. The zero-order valence-corrected chi connectivity index (χ0v) is 13.5. The van der Waals surface area contributed by atoms with Gasteiger partial charge in [0, 0.05) is 29.7 Å². The van der Waals surface area contributed by atoms with Crippen molar-refractivity contribution in [1.82, 2.24) is 10.2 Å². The largest absolute Gasteiger partial charge is 0.468 e. The van der Waals surface area contributed by atoms with Crippen LogP contribution in [0.15, 0.2) is 16.7 Å². The first-order chi connectivity index (χ1) is 9.26. The van der Waals surface area contributed by atoms with Crippen LogP contribution in [-0.4, -0.2) is 35.7 Å². The number of nitrogens with one attached hydrogen (secondary N) is 1. The topological polar surface area (TPSA) is 37.6 Å². The van der Waals surface area contributed by atoms with E-state index >= 15 is 0 Å². The molecule has 2 rings (SSSR count). The van der Waals surface area contributed by atoms with Crippen molar-refractivity contribution in [2.45, 2.75) is 58.8 Å². The molecule has 114 valence electrons. The maximum absolute atomic E-state index is 5.70. The summed E-state index contributed by atoms with van der Waals surface area (Å²) in [6.07, 6.45) is 1.86. The summed E-state index contributed by atoms with van der Waals surface area (Å²) >= 11 is 0. The quantitative estimate of drug-likeness (QED) is 0.920. The summed E-state index contributed by atoms with van der Waals surface area (Å²) in [4.78, 5) is 2.43. The molecule has 1 N–H and O–H groups in total. The van der Waals surface area contributed by atoms with Gasteiger partial charge in [0.15, 0.2) is 0 Å². The van der Waals surface area contributed by atoms with Crippen LogP contribution in [0.2, 0.25) is 0 Å². The van der Waals surface area contributed by atoms with Crippen molar-refractivity contribution < 1.29 is 9.15 Å². The normalized spacial score (nSPS) is 20.2. The van der Waals surface area contributed by atoms with Crippen LogP contribution < -0.4 is 5.32 Å². The summed E-state index contributed by atoms with van der Waals surface area (Å²) in [5.41, 5.74) is 1.42. The second-order valence-electron chi connectivity index (χ2n) is 7.31. The number of hydrogen-bond donors (Lipinski definition) is 1. The fraction of sp³-hybridized carbons (Fsp3) is 0.750. The molecule has 1 aliphatic rings. The summed E-state index contributed by atoms with van der Waals surface area (Å²) in [7, 11) is 0. The lowest BCUT2D eigenvalue weighted by Gasteiger charge is -2.41. The molecule has 4 heteroatoms. The molecule has 4 nitrogen and oxygen atoms in total. The molecule has 2 heterocycles. The summed E-state index contributed by atoms with van der Waals surface area (Å²) in [6.45, 7) is 15.2. The Hall–Kier alpha value is -0.840. The molecule has 0 atom stereocenters. The van der Waals surface area contributed by atoms with E-state index in [1.165, 1.54) is 5.56 Å². The molecule has 0 aromatic carbocycles. The van der Waals surface area contributed by atoms with Crippen LogP contribution in [0.25, 0.3) is 0 Å². The standard InChI is InChI=1S/C16H28N2O2/c1-15(2,3)17-9-13-8-14(20-11-13)10-18-6-7-19-12-16(18,4)5/h8,11,17H,6-7,9-10,12H2,1-5H3. The lowest BCUT2D eigenvalue weighted by Crippen LogP contribution is -2.52. The molecule has 1 aromatic rings. The highest BCUT2D eigenvalue weighted by molar-refractivity contribution is 5.13. The van der Waals surface area contributed by atoms with Crippen LogP contribution >= 0.6 is 0 Å². The molecule has 1 fully saturated rings. The Morgan fingerprint density at radius 2 is 2.10 bits per heavy atom. The zero-order chi connectivity index (χ0) is 14.8. The van der Waals surface area contributed by atoms with Gasteiger partial charge in [-0.2, -0.15) is 0 Å². The maximum Gasteiger partial charge on any atom is 0.118 e. The molecule has 0 radical (unpaired) electrons. The van der Waals surface area contributed by atoms with E-state index in [2.05, 4.69) is 50.9 Å². The van der Waals surface area contributed by atoms with Crippen molar-refractivity contribution in [2.24, 2.45) is 0 Å². The summed E-state index contributed by atoms with van der Waals surface area (Å²) < 4.78 is 11.3. The monoisotopic (exact) mass is 280 g/mol. The Labute approximate surface area is 122 Å². The smallest absolute Gasteiger partial charge is 0.118 e. The number of rotatable bonds is 4. The molecule has 0 unspecified atom stereocenters. The van der Waals surface area contributed by atoms with E-state index in [4.69, 9.17) is 9.15 Å². The van der Waals surface area contributed by atoms with Gasteiger partial charge in [-0.1, -0.05) is 0 Å². The van der Waals surface area contributed by atoms with Gasteiger partial charge in [0.2, 0.25) is 0 Å². The third-order valence-corrected chi connectivity index (χ3v) is 3.69. The van der Waals surface area contributed by atoms with E-state index in [0.29, 0.717) is 0 Å². The van der Waals surface area contributed by atoms with E-state index in [-0.39, 0.29) is 11.1 Å². The van der Waals surface area contributed by atoms with Gasteiger partial charge >= 0.3 is 0 Å². The molecule has 0 saturated carbocycles. The highest BCUT2D eigenvalue weighted by Crippen LogP contribution is 2.22. The van der Waals surface area contributed by atoms with Crippen LogP contribution in [0, 0.1) is 0 Å². The van der Waals surface area contributed by atoms with Crippen molar-refractivity contribution in [3.63, 3.8) is 0 Å². The van der Waals surface area contributed by atoms with E-state index in [0.717, 1.165) is 38.6 Å². The van der Waals surface area contributed by atoms with Crippen molar-refractivity contribution in [1.29, 1.82) is 0 Å². The SMILES string of the molecule is CC(C)(C)NCc1coc(CN2CCOCC2(C)C)c1. The highest BCUT2D eigenvalue weighted by atomic mass is 16.5. The molecule has 0 aliphatic carbocycles. The Morgan fingerprint density at radius 1 is 1.35 bits per heavy atom. The van der Waals surface area contributed by atoms with Gasteiger partial charge in [-0.05, 0) is 40.7 Å². The van der Waals surface area contributed by atoms with Gasteiger partial charge < -0.3 is 14.5 Å². The first-order valence-corrected chi connectivity index (χ1v) is 7.40. The third-order valence-electron chi connectivity index (χ3n) is 3.69. The van der Waals surface area contributed by atoms with Crippen molar-refractivity contribution in [2.75, 3.05) is 19.8 Å². The Balaban J connectivity index is 1.92. The Morgan fingerprint density at radius 3 is 2.75 bits per heavy atom. The van der Waals surface area contributed by atoms with E-state index < -0.39 is 0 Å². The van der Waals surface area contributed by atoms with E-state index in [9.17, 15) is 0 Å². The Bertz CT molecular complexity index is 432. The number of hydrogen-bond acceptors (Lipinski definition) is 4. The van der Waals surface area contributed by atoms with Crippen LogP contribution in [0.4, 0.5) is 0 Å². The van der Waals surface area contributed by atoms with Gasteiger partial charge in [-0.25, -0.2) is 0 Å². The average Bonchev–Trinajstić information content (AvgIpc) is 2.76. The Kier molecular flexibility index (Phi) is 4.57. The molecule has 0 spiro atoms. The van der Waals surface area contributed by atoms with Gasteiger partial charge in [0.25, 0.3) is 0 Å². The second kappa shape index (κ2) is 5.88. The van der Waals surface area contributed by atoms with Crippen LogP contribution in [-0.2, 0) is 17.8 Å². The minimum Gasteiger partial charge on any atom is -0.468 e. The molecular weight excluding hydrogens is 252 g/mol. The van der Waals surface area contributed by atoms with E-state index in [1.54, 1.807) is 0 Å². The van der Waals surface area contributed by atoms with Crippen molar-refractivity contribution in [3.8, 4) is 0 Å². The van der Waals surface area contributed by atoms with Crippen molar-refractivity contribution in [3.05, 3.63) is 23.7 Å². The van der Waals surface area contributed by atoms with Crippen molar-refractivity contribution >= 4 is 0 Å². The molecular formula is C16H28N2O2. The third kappa shape index (κ3) is 4.33. The van der Waals surface area contributed by atoms with Gasteiger partial charge in [0.1, 0.15) is 5.76 Å². The molecule has 1 aromatic heterocycles. The minimum absolute atomic E-state index is 0.0782. The molecule has 1 aliphatic heterocycles. The first-order valence-electron chi connectivity index (χ1n) is 7.40. The van der Waals surface area contributed by atoms with Crippen LogP contribution in [0.1, 0.15) is 45.9 Å². The lowest BCUT2D eigenvalue weighted by molar-refractivity contribution is -0.0577. The molecule has 0 bridgehead atoms. The van der Waals surface area contributed by atoms with E-state index in [1.807, 2.05) is 6.26 Å². The molecule has 1 saturated heterocycles. The number of furan rings is 1. The summed E-state index contributed by atoms with van der Waals surface area (Å²) in [5.74, 6) is 1.03. The zero-order valence-electron chi connectivity index (χ0n) is 13.5. The van der Waals surface area contributed by atoms with Gasteiger partial charge in [-0.15, -0.1) is 0 Å². The highest BCUT2D eigenvalue weighted by Gasteiger charge is 2.30. The summed E-state index contributed by atoms with van der Waals surface area (Å²) in [5, 5.41) is 3.48. The number of morpholine rings is 1. The van der Waals surface area contributed by atoms with Crippen LogP contribution in [0.5, 0.6) is 0 Å². The lowest BCUT2D eigenvalue weighted by atomic mass is 10.0. The average molecular weight is 280 g/mol. The molecule has 0 amide bonds. The number of ether oxygens (including phenoxy) is 1. The summed E-state index contributed by atoms with van der Waals surface area (Å²) in [6, 6.07) is 2.16. The van der Waals surface area contributed by atoms with Gasteiger partial charge in [-0.3, -0.25) is 4.90 Å². The maximum atomic E-state index is 5.70. The van der Waals surface area contributed by atoms with Crippen LogP contribution in [0.3, 0.4) is 0 Å². The first kappa shape index (κ1) is 15.5. The minimum atomic E-state index is 0.0782. The predicted octanol–water partition coefficient (Wildman–Crippen LogP) is 2.78. The fourth-order valence-electron chi connectivity index (χ4n) is 2.34. The predicted molar refractivity (Wildman–Crippen MR) is 80.6 cm³/mol. The van der Waals surface area contributed by atoms with Gasteiger partial charge in [0.05, 0.1) is 26.0 Å². The second-order valence-corrected chi connectivity index (χ2v) is 7.31.